The van der Waals surface area contributed by atoms with E-state index < -0.39 is 0 Å². The fourth-order valence-electron chi connectivity index (χ4n) is 1.66. The molecule has 0 aliphatic rings. The summed E-state index contributed by atoms with van der Waals surface area (Å²) in [4.78, 5) is 12.0. The number of Topliss-reactive ketones (excluding diaryl/α,β-unsaturated/α-hetero) is 1. The molecule has 0 heterocycles. The highest BCUT2D eigenvalue weighted by Gasteiger charge is 2.08. The summed E-state index contributed by atoms with van der Waals surface area (Å²) in [5, 5.41) is 0. The van der Waals surface area contributed by atoms with Crippen molar-refractivity contribution in [2.45, 2.75) is 6.92 Å². The number of carbonyl (C=O) groups is 1. The minimum atomic E-state index is -0.0383. The maximum atomic E-state index is 12.0. The number of carbonyl (C=O) groups excluding carboxylic acids is 1. The zero-order valence-corrected chi connectivity index (χ0v) is 13.5. The van der Waals surface area contributed by atoms with Gasteiger partial charge in [-0.05, 0) is 42.8 Å². The van der Waals surface area contributed by atoms with Gasteiger partial charge in [0.15, 0.2) is 12.4 Å². The zero-order valence-electron chi connectivity index (χ0n) is 10.3. The second-order valence-electron chi connectivity index (χ2n) is 4.13. The highest BCUT2D eigenvalue weighted by Crippen LogP contribution is 2.22. The van der Waals surface area contributed by atoms with Gasteiger partial charge in [-0.15, -0.1) is 0 Å². The average Bonchev–Trinajstić information content (AvgIpc) is 2.37. The average molecular weight is 384 g/mol. The van der Waals surface area contributed by atoms with E-state index in [-0.39, 0.29) is 12.4 Å². The van der Waals surface area contributed by atoms with Crippen molar-refractivity contribution in [3.63, 3.8) is 0 Å². The predicted octanol–water partition coefficient (Wildman–Crippen LogP) is 4.78. The van der Waals surface area contributed by atoms with Crippen LogP contribution in [0.25, 0.3) is 0 Å². The van der Waals surface area contributed by atoms with Crippen molar-refractivity contribution >= 4 is 37.6 Å². The van der Waals surface area contributed by atoms with E-state index in [0.29, 0.717) is 5.56 Å². The zero-order chi connectivity index (χ0) is 13.8. The first kappa shape index (κ1) is 14.3. The topological polar surface area (TPSA) is 26.3 Å². The SMILES string of the molecule is Cc1cc(Br)ccc1OCC(=O)c1cccc(Br)c1. The van der Waals surface area contributed by atoms with Crippen LogP contribution in [0.4, 0.5) is 0 Å². The molecule has 2 aromatic rings. The molecule has 0 aliphatic carbocycles. The Labute approximate surface area is 129 Å². The quantitative estimate of drug-likeness (QED) is 0.710. The Morgan fingerprint density at radius 3 is 2.53 bits per heavy atom. The number of halogens is 2. The molecule has 0 radical (unpaired) electrons. The lowest BCUT2D eigenvalue weighted by Crippen LogP contribution is -2.12. The Morgan fingerprint density at radius 1 is 1.11 bits per heavy atom. The molecule has 19 heavy (non-hydrogen) atoms. The van der Waals surface area contributed by atoms with Crippen molar-refractivity contribution in [1.29, 1.82) is 0 Å². The Kier molecular flexibility index (Phi) is 4.77. The number of rotatable bonds is 4. The van der Waals surface area contributed by atoms with Gasteiger partial charge in [0.2, 0.25) is 0 Å². The van der Waals surface area contributed by atoms with Crippen molar-refractivity contribution in [2.24, 2.45) is 0 Å². The smallest absolute Gasteiger partial charge is 0.200 e. The van der Waals surface area contributed by atoms with E-state index in [0.717, 1.165) is 20.3 Å². The maximum Gasteiger partial charge on any atom is 0.200 e. The van der Waals surface area contributed by atoms with Gasteiger partial charge in [0.05, 0.1) is 0 Å². The molecule has 0 amide bonds. The molecular formula is C15H12Br2O2. The molecule has 0 saturated carbocycles. The van der Waals surface area contributed by atoms with Crippen LogP contribution < -0.4 is 4.74 Å². The van der Waals surface area contributed by atoms with Crippen LogP contribution >= 0.6 is 31.9 Å². The summed E-state index contributed by atoms with van der Waals surface area (Å²) in [6, 6.07) is 13.0. The Morgan fingerprint density at radius 2 is 1.84 bits per heavy atom. The fraction of sp³-hybridized carbons (Fsp3) is 0.133. The van der Waals surface area contributed by atoms with Gasteiger partial charge in [-0.25, -0.2) is 0 Å². The lowest BCUT2D eigenvalue weighted by molar-refractivity contribution is 0.0921. The van der Waals surface area contributed by atoms with Crippen LogP contribution in [-0.2, 0) is 0 Å². The van der Waals surface area contributed by atoms with Crippen LogP contribution in [-0.4, -0.2) is 12.4 Å². The Balaban J connectivity index is 2.04. The largest absolute Gasteiger partial charge is 0.485 e. The molecule has 0 aliphatic heterocycles. The van der Waals surface area contributed by atoms with Crippen molar-refractivity contribution in [2.75, 3.05) is 6.61 Å². The number of aryl methyl sites for hydroxylation is 1. The van der Waals surface area contributed by atoms with Crippen LogP contribution in [0.5, 0.6) is 5.75 Å². The molecule has 0 fully saturated rings. The standard InChI is InChI=1S/C15H12Br2O2/c1-10-7-13(17)5-6-15(10)19-9-14(18)11-3-2-4-12(16)8-11/h2-8H,9H2,1H3. The van der Waals surface area contributed by atoms with E-state index in [1.54, 1.807) is 12.1 Å². The lowest BCUT2D eigenvalue weighted by atomic mass is 10.1. The molecule has 0 saturated heterocycles. The molecule has 2 nitrogen and oxygen atoms in total. The van der Waals surface area contributed by atoms with E-state index in [1.807, 2.05) is 37.3 Å². The predicted molar refractivity (Wildman–Crippen MR) is 82.8 cm³/mol. The highest BCUT2D eigenvalue weighted by molar-refractivity contribution is 9.10. The number of hydrogen-bond acceptors (Lipinski definition) is 2. The van der Waals surface area contributed by atoms with Crippen LogP contribution in [0.3, 0.4) is 0 Å². The Bertz CT molecular complexity index is 609. The maximum absolute atomic E-state index is 12.0. The number of benzene rings is 2. The first-order valence-electron chi connectivity index (χ1n) is 5.74. The number of ketones is 1. The molecule has 2 aromatic carbocycles. The van der Waals surface area contributed by atoms with Gasteiger partial charge in [0.1, 0.15) is 5.75 Å². The normalized spacial score (nSPS) is 10.3. The second-order valence-corrected chi connectivity index (χ2v) is 5.96. The van der Waals surface area contributed by atoms with E-state index in [9.17, 15) is 4.79 Å². The highest BCUT2D eigenvalue weighted by atomic mass is 79.9. The monoisotopic (exact) mass is 382 g/mol. The van der Waals surface area contributed by atoms with Crippen LogP contribution in [0, 0.1) is 6.92 Å². The van der Waals surface area contributed by atoms with Gasteiger partial charge < -0.3 is 4.74 Å². The third-order valence-corrected chi connectivity index (χ3v) is 3.63. The molecule has 0 atom stereocenters. The third-order valence-electron chi connectivity index (χ3n) is 2.64. The summed E-state index contributed by atoms with van der Waals surface area (Å²) in [5.41, 5.74) is 1.64. The molecule has 4 heteroatoms. The summed E-state index contributed by atoms with van der Waals surface area (Å²) in [6.07, 6.45) is 0. The van der Waals surface area contributed by atoms with Gasteiger partial charge in [-0.3, -0.25) is 4.79 Å². The third kappa shape index (κ3) is 3.91. The molecule has 98 valence electrons. The first-order valence-corrected chi connectivity index (χ1v) is 7.32. The van der Waals surface area contributed by atoms with E-state index in [2.05, 4.69) is 31.9 Å². The van der Waals surface area contributed by atoms with Crippen molar-refractivity contribution < 1.29 is 9.53 Å². The Hall–Kier alpha value is -1.13. The van der Waals surface area contributed by atoms with E-state index in [1.165, 1.54) is 0 Å². The summed E-state index contributed by atoms with van der Waals surface area (Å²) in [5.74, 6) is 0.690. The van der Waals surface area contributed by atoms with Gasteiger partial charge in [-0.1, -0.05) is 44.0 Å². The van der Waals surface area contributed by atoms with Gasteiger partial charge in [0, 0.05) is 14.5 Å². The summed E-state index contributed by atoms with van der Waals surface area (Å²) in [7, 11) is 0. The van der Waals surface area contributed by atoms with Gasteiger partial charge >= 0.3 is 0 Å². The molecule has 2 rings (SSSR count). The van der Waals surface area contributed by atoms with Gasteiger partial charge in [-0.2, -0.15) is 0 Å². The molecule has 0 unspecified atom stereocenters. The summed E-state index contributed by atoms with van der Waals surface area (Å²) < 4.78 is 7.45. The fourth-order valence-corrected chi connectivity index (χ4v) is 2.54. The summed E-state index contributed by atoms with van der Waals surface area (Å²) >= 11 is 6.74. The van der Waals surface area contributed by atoms with Crippen LogP contribution in [0.15, 0.2) is 51.4 Å². The molecular weight excluding hydrogens is 372 g/mol. The van der Waals surface area contributed by atoms with Gasteiger partial charge in [0.25, 0.3) is 0 Å². The van der Waals surface area contributed by atoms with Crippen molar-refractivity contribution in [3.8, 4) is 5.75 Å². The molecule has 0 spiro atoms. The van der Waals surface area contributed by atoms with Crippen molar-refractivity contribution in [1.82, 2.24) is 0 Å². The first-order chi connectivity index (χ1) is 9.06. The number of hydrogen-bond donors (Lipinski definition) is 0. The molecule has 0 aromatic heterocycles. The number of ether oxygens (including phenoxy) is 1. The molecule has 0 bridgehead atoms. The second kappa shape index (κ2) is 6.35. The summed E-state index contributed by atoms with van der Waals surface area (Å²) in [6.45, 7) is 1.99. The van der Waals surface area contributed by atoms with Crippen LogP contribution in [0.2, 0.25) is 0 Å². The van der Waals surface area contributed by atoms with Crippen LogP contribution in [0.1, 0.15) is 15.9 Å². The minimum Gasteiger partial charge on any atom is -0.485 e. The minimum absolute atomic E-state index is 0.0383. The van der Waals surface area contributed by atoms with E-state index in [4.69, 9.17) is 4.74 Å². The lowest BCUT2D eigenvalue weighted by Gasteiger charge is -2.09. The van der Waals surface area contributed by atoms with Crippen molar-refractivity contribution in [3.05, 3.63) is 62.5 Å². The van der Waals surface area contributed by atoms with E-state index >= 15 is 0 Å². The molecule has 0 N–H and O–H groups in total.